The SMILES string of the molecule is CCOC(OCC)[C@H](O)CC. The van der Waals surface area contributed by atoms with E-state index in [9.17, 15) is 5.11 Å². The van der Waals surface area contributed by atoms with Crippen LogP contribution in [0.4, 0.5) is 0 Å². The standard InChI is InChI=1S/C8H18O3/c1-4-7(9)8(10-5-2)11-6-3/h7-9H,4-6H2,1-3H3/t7-/m1/s1. The average molecular weight is 162 g/mol. The van der Waals surface area contributed by atoms with Gasteiger partial charge in [0.1, 0.15) is 6.10 Å². The summed E-state index contributed by atoms with van der Waals surface area (Å²) in [7, 11) is 0. The van der Waals surface area contributed by atoms with Crippen molar-refractivity contribution >= 4 is 0 Å². The molecule has 0 aliphatic carbocycles. The molecule has 68 valence electrons. The first-order valence-electron chi connectivity index (χ1n) is 4.17. The molecule has 0 bridgehead atoms. The van der Waals surface area contributed by atoms with Crippen LogP contribution in [-0.2, 0) is 9.47 Å². The van der Waals surface area contributed by atoms with Gasteiger partial charge < -0.3 is 14.6 Å². The van der Waals surface area contributed by atoms with Crippen LogP contribution in [0.3, 0.4) is 0 Å². The summed E-state index contributed by atoms with van der Waals surface area (Å²) >= 11 is 0. The molecule has 1 N–H and O–H groups in total. The summed E-state index contributed by atoms with van der Waals surface area (Å²) in [6, 6.07) is 0. The molecule has 0 aromatic heterocycles. The van der Waals surface area contributed by atoms with E-state index in [2.05, 4.69) is 0 Å². The first kappa shape index (κ1) is 10.9. The zero-order valence-corrected chi connectivity index (χ0v) is 7.54. The fraction of sp³-hybridized carbons (Fsp3) is 1.00. The third-order valence-electron chi connectivity index (χ3n) is 1.39. The molecule has 0 saturated carbocycles. The molecule has 0 unspecified atom stereocenters. The highest BCUT2D eigenvalue weighted by atomic mass is 16.7. The highest BCUT2D eigenvalue weighted by Crippen LogP contribution is 2.04. The average Bonchev–Trinajstić information content (AvgIpc) is 2.03. The number of hydrogen-bond acceptors (Lipinski definition) is 3. The number of ether oxygens (including phenoxy) is 2. The van der Waals surface area contributed by atoms with Crippen LogP contribution in [-0.4, -0.2) is 30.7 Å². The number of hydrogen-bond donors (Lipinski definition) is 1. The van der Waals surface area contributed by atoms with Gasteiger partial charge in [0.25, 0.3) is 0 Å². The minimum absolute atomic E-state index is 0.449. The molecule has 0 rings (SSSR count). The number of aliphatic hydroxyl groups is 1. The lowest BCUT2D eigenvalue weighted by Crippen LogP contribution is -2.31. The van der Waals surface area contributed by atoms with Gasteiger partial charge in [-0.1, -0.05) is 6.92 Å². The Hall–Kier alpha value is -0.120. The molecule has 0 aromatic carbocycles. The summed E-state index contributed by atoms with van der Waals surface area (Å²) < 4.78 is 10.3. The molecule has 3 nitrogen and oxygen atoms in total. The lowest BCUT2D eigenvalue weighted by Gasteiger charge is -2.21. The Bertz CT molecular complexity index is 79.4. The zero-order chi connectivity index (χ0) is 8.69. The fourth-order valence-corrected chi connectivity index (χ4v) is 0.791. The third-order valence-corrected chi connectivity index (χ3v) is 1.39. The normalized spacial score (nSPS) is 13.9. The fourth-order valence-electron chi connectivity index (χ4n) is 0.791. The van der Waals surface area contributed by atoms with Crippen molar-refractivity contribution in [3.05, 3.63) is 0 Å². The first-order valence-corrected chi connectivity index (χ1v) is 4.17. The van der Waals surface area contributed by atoms with Crippen LogP contribution in [0.25, 0.3) is 0 Å². The molecule has 3 heteroatoms. The van der Waals surface area contributed by atoms with E-state index in [1.807, 2.05) is 20.8 Å². The smallest absolute Gasteiger partial charge is 0.183 e. The van der Waals surface area contributed by atoms with E-state index >= 15 is 0 Å². The summed E-state index contributed by atoms with van der Waals surface area (Å²) in [6.07, 6.45) is -0.296. The van der Waals surface area contributed by atoms with Gasteiger partial charge in [-0.2, -0.15) is 0 Å². The van der Waals surface area contributed by atoms with Gasteiger partial charge in [-0.15, -0.1) is 0 Å². The maximum absolute atomic E-state index is 9.33. The molecular formula is C8H18O3. The third kappa shape index (κ3) is 4.35. The lowest BCUT2D eigenvalue weighted by atomic mass is 10.3. The highest BCUT2D eigenvalue weighted by Gasteiger charge is 2.16. The summed E-state index contributed by atoms with van der Waals surface area (Å²) in [5, 5.41) is 9.33. The molecule has 11 heavy (non-hydrogen) atoms. The summed E-state index contributed by atoms with van der Waals surface area (Å²) in [4.78, 5) is 0. The van der Waals surface area contributed by atoms with Gasteiger partial charge in [0.15, 0.2) is 6.29 Å². The van der Waals surface area contributed by atoms with E-state index in [1.54, 1.807) is 0 Å². The molecule has 0 heterocycles. The van der Waals surface area contributed by atoms with Gasteiger partial charge >= 0.3 is 0 Å². The van der Waals surface area contributed by atoms with E-state index in [0.717, 1.165) is 0 Å². The molecule has 0 saturated heterocycles. The first-order chi connectivity index (χ1) is 5.26. The van der Waals surface area contributed by atoms with E-state index in [4.69, 9.17) is 9.47 Å². The molecule has 0 aromatic rings. The minimum atomic E-state index is -0.505. The number of aliphatic hydroxyl groups excluding tert-OH is 1. The Morgan fingerprint density at radius 2 is 1.55 bits per heavy atom. The summed E-state index contributed by atoms with van der Waals surface area (Å²) in [5.74, 6) is 0. The van der Waals surface area contributed by atoms with Crippen LogP contribution < -0.4 is 0 Å². The Labute approximate surface area is 68.3 Å². The van der Waals surface area contributed by atoms with E-state index in [1.165, 1.54) is 0 Å². The largest absolute Gasteiger partial charge is 0.388 e. The lowest BCUT2D eigenvalue weighted by molar-refractivity contribution is -0.189. The van der Waals surface area contributed by atoms with Crippen molar-refractivity contribution in [2.45, 2.75) is 39.6 Å². The summed E-state index contributed by atoms with van der Waals surface area (Å²) in [6.45, 7) is 6.81. The van der Waals surface area contributed by atoms with Crippen LogP contribution in [0.2, 0.25) is 0 Å². The molecule has 0 aliphatic heterocycles. The molecule has 0 amide bonds. The van der Waals surface area contributed by atoms with Gasteiger partial charge in [0.2, 0.25) is 0 Å². The monoisotopic (exact) mass is 162 g/mol. The van der Waals surface area contributed by atoms with Crippen LogP contribution in [0, 0.1) is 0 Å². The van der Waals surface area contributed by atoms with Crippen molar-refractivity contribution in [3.63, 3.8) is 0 Å². The maximum Gasteiger partial charge on any atom is 0.183 e. The second-order valence-corrected chi connectivity index (χ2v) is 2.25. The molecule has 1 atom stereocenters. The van der Waals surface area contributed by atoms with Gasteiger partial charge in [-0.3, -0.25) is 0 Å². The van der Waals surface area contributed by atoms with Gasteiger partial charge in [0.05, 0.1) is 0 Å². The Balaban J connectivity index is 3.66. The van der Waals surface area contributed by atoms with Crippen molar-refractivity contribution < 1.29 is 14.6 Å². The predicted octanol–water partition coefficient (Wildman–Crippen LogP) is 1.16. The van der Waals surface area contributed by atoms with Crippen molar-refractivity contribution in [2.75, 3.05) is 13.2 Å². The van der Waals surface area contributed by atoms with Gasteiger partial charge in [-0.25, -0.2) is 0 Å². The van der Waals surface area contributed by atoms with Crippen molar-refractivity contribution in [3.8, 4) is 0 Å². The van der Waals surface area contributed by atoms with Crippen molar-refractivity contribution in [1.29, 1.82) is 0 Å². The summed E-state index contributed by atoms with van der Waals surface area (Å²) in [5.41, 5.74) is 0. The van der Waals surface area contributed by atoms with Crippen molar-refractivity contribution in [1.82, 2.24) is 0 Å². The van der Waals surface area contributed by atoms with Gasteiger partial charge in [-0.05, 0) is 20.3 Å². The molecule has 0 spiro atoms. The number of rotatable bonds is 6. The van der Waals surface area contributed by atoms with Crippen LogP contribution in [0.5, 0.6) is 0 Å². The van der Waals surface area contributed by atoms with Crippen molar-refractivity contribution in [2.24, 2.45) is 0 Å². The zero-order valence-electron chi connectivity index (χ0n) is 7.54. The highest BCUT2D eigenvalue weighted by molar-refractivity contribution is 4.56. The molecule has 0 radical (unpaired) electrons. The Morgan fingerprint density at radius 1 is 1.09 bits per heavy atom. The predicted molar refractivity (Wildman–Crippen MR) is 43.3 cm³/mol. The van der Waals surface area contributed by atoms with Crippen LogP contribution in [0.1, 0.15) is 27.2 Å². The Morgan fingerprint density at radius 3 is 1.82 bits per heavy atom. The maximum atomic E-state index is 9.33. The molecule has 0 aliphatic rings. The van der Waals surface area contributed by atoms with E-state index in [-0.39, 0.29) is 0 Å². The Kier molecular flexibility index (Phi) is 6.51. The van der Waals surface area contributed by atoms with Crippen LogP contribution in [0.15, 0.2) is 0 Å². The van der Waals surface area contributed by atoms with Crippen LogP contribution >= 0.6 is 0 Å². The van der Waals surface area contributed by atoms with E-state index < -0.39 is 12.4 Å². The molecular weight excluding hydrogens is 144 g/mol. The second-order valence-electron chi connectivity index (χ2n) is 2.25. The minimum Gasteiger partial charge on any atom is -0.388 e. The van der Waals surface area contributed by atoms with E-state index in [0.29, 0.717) is 19.6 Å². The molecule has 0 fully saturated rings. The quantitative estimate of drug-likeness (QED) is 0.595. The second kappa shape index (κ2) is 6.58. The van der Waals surface area contributed by atoms with Gasteiger partial charge in [0, 0.05) is 13.2 Å². The topological polar surface area (TPSA) is 38.7 Å².